The summed E-state index contributed by atoms with van der Waals surface area (Å²) in [7, 11) is 0. The highest BCUT2D eigenvalue weighted by Gasteiger charge is 2.19. The number of halogens is 8. The predicted octanol–water partition coefficient (Wildman–Crippen LogP) is 21.4. The smallest absolute Gasteiger partial charge is 0.274 e. The molecule has 13 rings (SSSR count). The number of anilines is 1. The Kier molecular flexibility index (Phi) is 39.8. The van der Waals surface area contributed by atoms with E-state index in [1.165, 1.54) is 107 Å². The van der Waals surface area contributed by atoms with Crippen LogP contribution in [0.25, 0.3) is 11.0 Å². The molecule has 0 aliphatic carbocycles. The molecule has 38 heteroatoms. The normalized spacial score (nSPS) is 10.8. The van der Waals surface area contributed by atoms with Crippen molar-refractivity contribution in [1.29, 1.82) is 0 Å². The van der Waals surface area contributed by atoms with Crippen LogP contribution < -0.4 is 33.5 Å². The quantitative estimate of drug-likeness (QED) is 0.00773. The molecule has 0 aliphatic heterocycles. The largest absolute Gasteiger partial charge is 0.398 e. The number of fused-ring (bicyclic) bond motifs is 1. The number of nitro benzene ring substituents is 1. The Labute approximate surface area is 757 Å². The van der Waals surface area contributed by atoms with E-state index < -0.39 is 4.92 Å². The minimum absolute atomic E-state index is 0.0417. The van der Waals surface area contributed by atoms with Crippen LogP contribution in [0, 0.1) is 51.7 Å². The maximum Gasteiger partial charge on any atom is 0.274 e. The van der Waals surface area contributed by atoms with E-state index in [2.05, 4.69) is 102 Å². The molecule has 0 fully saturated rings. The Morgan fingerprint density at radius 3 is 1.27 bits per heavy atom. The number of nitro groups is 1. The number of aryl methyl sites for hydroxylation is 7. The van der Waals surface area contributed by atoms with E-state index in [1.807, 2.05) is 81.6 Å². The van der Waals surface area contributed by atoms with E-state index >= 15 is 0 Å². The second kappa shape index (κ2) is 49.1. The zero-order chi connectivity index (χ0) is 87.1. The summed E-state index contributed by atoms with van der Waals surface area (Å²) < 4.78 is 0. The van der Waals surface area contributed by atoms with Crippen molar-refractivity contribution in [3.05, 3.63) is 333 Å². The number of para-hydroxylation sites is 2. The number of nitrogens with one attached hydrogen (secondary N) is 5. The van der Waals surface area contributed by atoms with Gasteiger partial charge in [-0.2, -0.15) is 0 Å². The van der Waals surface area contributed by atoms with E-state index in [0.29, 0.717) is 112 Å². The van der Waals surface area contributed by atoms with Crippen LogP contribution in [0.5, 0.6) is 0 Å². The van der Waals surface area contributed by atoms with Crippen LogP contribution in [0.2, 0.25) is 40.2 Å². The van der Waals surface area contributed by atoms with Crippen LogP contribution in [0.1, 0.15) is 106 Å². The van der Waals surface area contributed by atoms with Crippen molar-refractivity contribution in [1.82, 2.24) is 74.7 Å². The number of hydrogen-bond donors (Lipinski definition) is 6. The number of hydrogen-bond acceptors (Lipinski definition) is 24. The first-order valence-electron chi connectivity index (χ1n) is 36.5. The van der Waals surface area contributed by atoms with Crippen LogP contribution in [-0.2, 0) is 47.5 Å². The van der Waals surface area contributed by atoms with E-state index in [0.717, 1.165) is 110 Å². The molecule has 13 aromatic rings. The first-order valence-corrected chi connectivity index (χ1v) is 45.5. The molecule has 6 aromatic carbocycles. The third-order valence-electron chi connectivity index (χ3n) is 16.4. The fourth-order valence-electron chi connectivity index (χ4n) is 10.6. The molecular weight excluding hydrogens is 1810 g/mol. The molecule has 0 bridgehead atoms. The third kappa shape index (κ3) is 31.9. The van der Waals surface area contributed by atoms with Crippen molar-refractivity contribution < 1.29 is 4.92 Å². The molecule has 24 nitrogen and oxygen atoms in total. The number of benzene rings is 6. The van der Waals surface area contributed by atoms with Crippen molar-refractivity contribution in [2.24, 2.45) is 0 Å². The van der Waals surface area contributed by atoms with Gasteiger partial charge in [0.05, 0.1) is 42.3 Å². The Morgan fingerprint density at radius 2 is 0.783 bits per heavy atom. The summed E-state index contributed by atoms with van der Waals surface area (Å²) in [4.78, 5) is 122. The highest BCUT2D eigenvalue weighted by atomic mass is 35.5. The fraction of sp³-hybridized carbons (Fsp3) is 0.244. The number of nitrogens with two attached hydrogens (primary N) is 1. The van der Waals surface area contributed by atoms with E-state index in [1.54, 1.807) is 75.0 Å². The molecule has 0 aliphatic rings. The molecule has 628 valence electrons. The van der Waals surface area contributed by atoms with Crippen molar-refractivity contribution in [3.8, 4) is 0 Å². The summed E-state index contributed by atoms with van der Waals surface area (Å²) in [6.45, 7) is 20.3. The molecule has 7 N–H and O–H groups in total. The minimum atomic E-state index is -0.478. The Hall–Kier alpha value is -8.28. The Balaban J connectivity index is 0.000000179. The lowest BCUT2D eigenvalue weighted by Gasteiger charge is -2.20. The number of nitrogens with zero attached hydrogens (tertiary/aromatic N) is 11. The molecule has 0 amide bonds. The van der Waals surface area contributed by atoms with Crippen molar-refractivity contribution in [3.63, 3.8) is 0 Å². The van der Waals surface area contributed by atoms with E-state index in [-0.39, 0.29) is 39.2 Å². The number of H-pyrrole nitrogens is 5. The fourth-order valence-corrected chi connectivity index (χ4v) is 18.9. The highest BCUT2D eigenvalue weighted by molar-refractivity contribution is 7.99. The van der Waals surface area contributed by atoms with Gasteiger partial charge in [0.2, 0.25) is 0 Å². The van der Waals surface area contributed by atoms with Crippen molar-refractivity contribution in [2.45, 2.75) is 147 Å². The lowest BCUT2D eigenvalue weighted by atomic mass is 10.1. The van der Waals surface area contributed by atoms with Gasteiger partial charge in [0.25, 0.3) is 33.5 Å². The molecule has 0 atom stereocenters. The molecule has 0 spiro atoms. The Bertz CT molecular complexity index is 5950. The van der Waals surface area contributed by atoms with Gasteiger partial charge >= 0.3 is 0 Å². The maximum atomic E-state index is 11.6. The van der Waals surface area contributed by atoms with Gasteiger partial charge in [-0.25, -0.2) is 39.9 Å². The zero-order valence-corrected chi connectivity index (χ0v) is 77.0. The van der Waals surface area contributed by atoms with Gasteiger partial charge in [-0.05, 0) is 144 Å². The number of aromatic amines is 5. The second-order valence-electron chi connectivity index (χ2n) is 25.7. The van der Waals surface area contributed by atoms with Gasteiger partial charge in [-0.1, -0.05) is 233 Å². The molecule has 0 saturated carbocycles. The standard InChI is InChI=1S/C17H22ClN3OS.C15H14N4S.C14H16ClN3OS.C12H9Cl3N2OS.C12H10Cl2N2OS.C12H10ClN3O3S/c1-4-21(5-2)10-13-7-6-8-15(18)14(13)11-23-17-19-12(3)9-16(22)20-17;1-10-7-11(2)18-15(17-10)20-9-12-8-16-13-5-3-4-6-14(13)19-12;1-2-4-9-7-13(19)18-14(17-9)20-8-10-11(15)5-3-6-12(10)16;1-6-4-10(18)17-12(16-6)19-5-7-8(13)2-3-9(14)11(7)15;1-7-5-11(17)16-12(15-7)18-6-8-9(13)3-2-4-10(8)14;1-7-5-11(17)15-12(14-7)20-6-8-9(13)3-2-4-10(8)16(18)19/h6-9H,4-5,10-11H2,1-3H3,(H,19,20,22);3-8H,9H2,1-2H3;3,5-7H,2,4,8,16H2,1H3,(H,17,18,19);2-4H,5H2,1H3,(H,16,17,18);2-5H,6H2,1H3,(H,15,16,17);2-5H,6H2,1H3,(H,14,15,17). The van der Waals surface area contributed by atoms with E-state index in [4.69, 9.17) is 98.5 Å². The topological polar surface area (TPSA) is 353 Å². The number of nitrogen functional groups attached to an aromatic ring is 1. The molecular formula is C82H81Cl8N17O7S6. The van der Waals surface area contributed by atoms with Gasteiger partial charge in [0.15, 0.2) is 30.9 Å². The highest BCUT2D eigenvalue weighted by Crippen LogP contribution is 2.37. The number of aromatic nitrogens is 14. The zero-order valence-electron chi connectivity index (χ0n) is 66.0. The van der Waals surface area contributed by atoms with Crippen LogP contribution in [-0.4, -0.2) is 92.7 Å². The maximum absolute atomic E-state index is 11.6. The van der Waals surface area contributed by atoms with Crippen LogP contribution in [0.4, 0.5) is 11.4 Å². The molecule has 7 aromatic heterocycles. The van der Waals surface area contributed by atoms with Gasteiger partial charge in [-0.15, -0.1) is 0 Å². The Morgan fingerprint density at radius 1 is 0.392 bits per heavy atom. The lowest BCUT2D eigenvalue weighted by Crippen LogP contribution is -2.22. The predicted molar refractivity (Wildman–Crippen MR) is 496 cm³/mol. The SMILES string of the molecule is CCCc1cc(=O)[nH]c(SCc2c(N)cccc2Cl)n1.CCN(CC)Cc1cccc(Cl)c1CSc1nc(C)cc(=O)[nH]1.Cc1cc(=O)[nH]c(SCc2c(Cl)ccc(Cl)c2Cl)n1.Cc1cc(=O)[nH]c(SCc2c(Cl)cccc2Cl)n1.Cc1cc(=O)[nH]c(SCc2c(Cl)cccc2[N+](=O)[O-])n1.Cc1cc(C)nc(SCc2cnc3ccccc3n2)n1. The van der Waals surface area contributed by atoms with Crippen molar-refractivity contribution >= 4 is 186 Å². The minimum Gasteiger partial charge on any atom is -0.398 e. The van der Waals surface area contributed by atoms with Crippen molar-refractivity contribution in [2.75, 3.05) is 18.8 Å². The van der Waals surface area contributed by atoms with Crippen LogP contribution >= 0.6 is 163 Å². The van der Waals surface area contributed by atoms with E-state index in [9.17, 15) is 34.1 Å². The summed E-state index contributed by atoms with van der Waals surface area (Å²) in [5, 5.41) is 18.8. The first-order chi connectivity index (χ1) is 57.3. The summed E-state index contributed by atoms with van der Waals surface area (Å²) in [6.07, 6.45) is 3.57. The third-order valence-corrected chi connectivity index (χ3v) is 24.7. The van der Waals surface area contributed by atoms with Crippen LogP contribution in [0.3, 0.4) is 0 Å². The molecule has 0 radical (unpaired) electrons. The first kappa shape index (κ1) is 97.2. The molecule has 0 saturated heterocycles. The average Bonchev–Trinajstić information content (AvgIpc) is 0.822. The molecule has 7 heterocycles. The van der Waals surface area contributed by atoms with Gasteiger partial charge in [0, 0.05) is 165 Å². The summed E-state index contributed by atoms with van der Waals surface area (Å²) in [6, 6.07) is 41.8. The summed E-state index contributed by atoms with van der Waals surface area (Å²) in [5.41, 5.74) is 19.1. The number of thioether (sulfide) groups is 6. The summed E-state index contributed by atoms with van der Waals surface area (Å²) in [5.74, 6) is 3.27. The van der Waals surface area contributed by atoms with Gasteiger partial charge < -0.3 is 30.7 Å². The number of rotatable bonds is 25. The average molecular weight is 1890 g/mol. The molecule has 0 unspecified atom stereocenters. The summed E-state index contributed by atoms with van der Waals surface area (Å²) >= 11 is 57.2. The van der Waals surface area contributed by atoms with Gasteiger partial charge in [0.1, 0.15) is 0 Å². The van der Waals surface area contributed by atoms with Crippen LogP contribution in [0.15, 0.2) is 207 Å². The molecule has 120 heavy (non-hydrogen) atoms. The van der Waals surface area contributed by atoms with Gasteiger partial charge in [-0.3, -0.25) is 44.0 Å². The second-order valence-corrected chi connectivity index (χ2v) is 34.7. The monoisotopic (exact) mass is 1890 g/mol. The lowest BCUT2D eigenvalue weighted by molar-refractivity contribution is -0.385.